The molecule has 160 valence electrons. The van der Waals surface area contributed by atoms with E-state index in [9.17, 15) is 18.4 Å². The SMILES string of the molecule is CC1(F)C[C@H]2CN(C(=O)c3cc(Cc4n[nH]c(=O)c5ccccc45)ccc3F)C[C@H]2C1. The van der Waals surface area contributed by atoms with E-state index in [1.807, 2.05) is 12.1 Å². The number of rotatable bonds is 3. The molecule has 3 aromatic rings. The molecule has 0 bridgehead atoms. The average molecular weight is 423 g/mol. The lowest BCUT2D eigenvalue weighted by molar-refractivity contribution is 0.0757. The number of aromatic amines is 1. The summed E-state index contributed by atoms with van der Waals surface area (Å²) in [4.78, 5) is 26.7. The number of nitrogens with one attached hydrogen (secondary N) is 1. The van der Waals surface area contributed by atoms with Crippen LogP contribution in [0.15, 0.2) is 47.3 Å². The third kappa shape index (κ3) is 3.62. The van der Waals surface area contributed by atoms with Crippen LogP contribution in [0.2, 0.25) is 0 Å². The highest BCUT2D eigenvalue weighted by Gasteiger charge is 2.48. The van der Waals surface area contributed by atoms with E-state index in [0.717, 1.165) is 10.9 Å². The number of likely N-dealkylation sites (tertiary alicyclic amines) is 1. The molecule has 3 atom stereocenters. The summed E-state index contributed by atoms with van der Waals surface area (Å²) in [6.45, 7) is 2.56. The quantitative estimate of drug-likeness (QED) is 0.696. The van der Waals surface area contributed by atoms with Crippen LogP contribution in [0.4, 0.5) is 8.78 Å². The number of carbonyl (C=O) groups is 1. The van der Waals surface area contributed by atoms with E-state index in [4.69, 9.17) is 0 Å². The lowest BCUT2D eigenvalue weighted by atomic mass is 10.0. The Hall–Kier alpha value is -3.09. The summed E-state index contributed by atoms with van der Waals surface area (Å²) in [5.41, 5.74) is -0.0296. The van der Waals surface area contributed by atoms with Crippen molar-refractivity contribution in [2.45, 2.75) is 31.9 Å². The second-order valence-electron chi connectivity index (χ2n) is 9.09. The molecule has 1 aliphatic heterocycles. The highest BCUT2D eigenvalue weighted by atomic mass is 19.1. The van der Waals surface area contributed by atoms with Gasteiger partial charge < -0.3 is 4.90 Å². The molecule has 1 saturated carbocycles. The van der Waals surface area contributed by atoms with E-state index in [2.05, 4.69) is 10.2 Å². The topological polar surface area (TPSA) is 66.1 Å². The van der Waals surface area contributed by atoms with Crippen LogP contribution >= 0.6 is 0 Å². The lowest BCUT2D eigenvalue weighted by Crippen LogP contribution is -2.32. The number of aromatic nitrogens is 2. The van der Waals surface area contributed by atoms with Crippen molar-refractivity contribution in [3.63, 3.8) is 0 Å². The summed E-state index contributed by atoms with van der Waals surface area (Å²) in [6, 6.07) is 11.7. The van der Waals surface area contributed by atoms with Gasteiger partial charge in [0, 0.05) is 24.9 Å². The smallest absolute Gasteiger partial charge is 0.272 e. The van der Waals surface area contributed by atoms with Crippen LogP contribution < -0.4 is 5.56 Å². The molecule has 2 aromatic carbocycles. The van der Waals surface area contributed by atoms with Gasteiger partial charge in [0.2, 0.25) is 0 Å². The summed E-state index contributed by atoms with van der Waals surface area (Å²) >= 11 is 0. The third-order valence-electron chi connectivity index (χ3n) is 6.65. The van der Waals surface area contributed by atoms with E-state index >= 15 is 0 Å². The van der Waals surface area contributed by atoms with Crippen LogP contribution in [-0.4, -0.2) is 39.8 Å². The minimum atomic E-state index is -1.16. The van der Waals surface area contributed by atoms with Gasteiger partial charge in [0.15, 0.2) is 0 Å². The average Bonchev–Trinajstić information content (AvgIpc) is 3.25. The van der Waals surface area contributed by atoms with Crippen molar-refractivity contribution < 1.29 is 13.6 Å². The summed E-state index contributed by atoms with van der Waals surface area (Å²) in [7, 11) is 0. The Kier molecular flexibility index (Phi) is 4.64. The maximum Gasteiger partial charge on any atom is 0.272 e. The van der Waals surface area contributed by atoms with E-state index in [0.29, 0.717) is 43.4 Å². The number of fused-ring (bicyclic) bond motifs is 2. The first-order valence-electron chi connectivity index (χ1n) is 10.5. The van der Waals surface area contributed by atoms with E-state index in [1.54, 1.807) is 36.1 Å². The highest BCUT2D eigenvalue weighted by Crippen LogP contribution is 2.46. The maximum atomic E-state index is 14.6. The summed E-state index contributed by atoms with van der Waals surface area (Å²) in [6.07, 6.45) is 1.26. The molecule has 1 aliphatic carbocycles. The number of hydrogen-bond acceptors (Lipinski definition) is 3. The number of hydrogen-bond donors (Lipinski definition) is 1. The lowest BCUT2D eigenvalue weighted by Gasteiger charge is -2.21. The van der Waals surface area contributed by atoms with Gasteiger partial charge in [-0.3, -0.25) is 9.59 Å². The molecule has 31 heavy (non-hydrogen) atoms. The van der Waals surface area contributed by atoms with Crippen LogP contribution in [0.25, 0.3) is 10.8 Å². The van der Waals surface area contributed by atoms with Gasteiger partial charge in [0.1, 0.15) is 11.5 Å². The molecule has 1 amide bonds. The highest BCUT2D eigenvalue weighted by molar-refractivity contribution is 5.95. The first-order valence-corrected chi connectivity index (χ1v) is 10.5. The predicted octanol–water partition coefficient (Wildman–Crippen LogP) is 3.86. The summed E-state index contributed by atoms with van der Waals surface area (Å²) in [5, 5.41) is 7.93. The Morgan fingerprint density at radius 3 is 2.55 bits per heavy atom. The molecule has 7 heteroatoms. The van der Waals surface area contributed by atoms with Gasteiger partial charge in [-0.05, 0) is 55.4 Å². The van der Waals surface area contributed by atoms with Crippen LogP contribution in [0.3, 0.4) is 0 Å². The molecule has 2 heterocycles. The van der Waals surface area contributed by atoms with Crippen molar-refractivity contribution in [1.29, 1.82) is 0 Å². The fraction of sp³-hybridized carbons (Fsp3) is 0.375. The molecule has 0 spiro atoms. The molecule has 1 aromatic heterocycles. The molecule has 0 radical (unpaired) electrons. The zero-order chi connectivity index (χ0) is 21.8. The predicted molar refractivity (Wildman–Crippen MR) is 113 cm³/mol. The minimum Gasteiger partial charge on any atom is -0.338 e. The van der Waals surface area contributed by atoms with Crippen LogP contribution in [0.1, 0.15) is 41.4 Å². The van der Waals surface area contributed by atoms with E-state index < -0.39 is 11.5 Å². The molecule has 5 rings (SSSR count). The van der Waals surface area contributed by atoms with Crippen molar-refractivity contribution >= 4 is 16.7 Å². The van der Waals surface area contributed by atoms with Gasteiger partial charge >= 0.3 is 0 Å². The fourth-order valence-corrected chi connectivity index (χ4v) is 5.26. The van der Waals surface area contributed by atoms with E-state index in [1.165, 1.54) is 6.07 Å². The van der Waals surface area contributed by atoms with Gasteiger partial charge in [-0.25, -0.2) is 13.9 Å². The van der Waals surface area contributed by atoms with Gasteiger partial charge in [-0.2, -0.15) is 5.10 Å². The van der Waals surface area contributed by atoms with Crippen LogP contribution in [0.5, 0.6) is 0 Å². The zero-order valence-electron chi connectivity index (χ0n) is 17.2. The Bertz CT molecular complexity index is 1220. The van der Waals surface area contributed by atoms with Gasteiger partial charge in [0.05, 0.1) is 16.6 Å². The van der Waals surface area contributed by atoms with Gasteiger partial charge in [-0.15, -0.1) is 0 Å². The van der Waals surface area contributed by atoms with Crippen molar-refractivity contribution in [2.24, 2.45) is 11.8 Å². The number of nitrogens with zero attached hydrogens (tertiary/aromatic N) is 2. The van der Waals surface area contributed by atoms with Crippen molar-refractivity contribution in [2.75, 3.05) is 13.1 Å². The first-order chi connectivity index (χ1) is 14.8. The van der Waals surface area contributed by atoms with Crippen LogP contribution in [-0.2, 0) is 6.42 Å². The Labute approximate surface area is 178 Å². The second-order valence-corrected chi connectivity index (χ2v) is 9.09. The molecule has 1 saturated heterocycles. The van der Waals surface area contributed by atoms with Crippen molar-refractivity contribution in [1.82, 2.24) is 15.1 Å². The molecular weight excluding hydrogens is 400 g/mol. The second kappa shape index (κ2) is 7.25. The monoisotopic (exact) mass is 423 g/mol. The molecule has 2 aliphatic rings. The summed E-state index contributed by atoms with van der Waals surface area (Å²) in [5.74, 6) is -0.641. The standard InChI is InChI=1S/C24H23F2N3O2/c1-24(26)10-15-12-29(13-16(15)11-24)23(31)19-8-14(6-7-20(19)25)9-21-17-4-2-3-5-18(17)22(30)28-27-21/h2-8,15-16H,9-13H2,1H3,(H,28,30)/t15-,16+,24?. The normalized spacial score (nSPS) is 25.2. The fourth-order valence-electron chi connectivity index (χ4n) is 5.26. The molecule has 5 nitrogen and oxygen atoms in total. The largest absolute Gasteiger partial charge is 0.338 e. The number of amides is 1. The Morgan fingerprint density at radius 1 is 1.16 bits per heavy atom. The van der Waals surface area contributed by atoms with Gasteiger partial charge in [-0.1, -0.05) is 24.3 Å². The molecular formula is C24H23F2N3O2. The zero-order valence-corrected chi connectivity index (χ0v) is 17.2. The molecule has 1 N–H and O–H groups in total. The van der Waals surface area contributed by atoms with E-state index in [-0.39, 0.29) is 28.9 Å². The minimum absolute atomic E-state index is 0.0224. The Morgan fingerprint density at radius 2 is 1.84 bits per heavy atom. The Balaban J connectivity index is 1.40. The maximum absolute atomic E-state index is 14.6. The van der Waals surface area contributed by atoms with Crippen molar-refractivity contribution in [3.8, 4) is 0 Å². The van der Waals surface area contributed by atoms with Gasteiger partial charge in [0.25, 0.3) is 11.5 Å². The third-order valence-corrected chi connectivity index (χ3v) is 6.65. The summed E-state index contributed by atoms with van der Waals surface area (Å²) < 4.78 is 28.8. The number of halogens is 2. The molecule has 2 fully saturated rings. The van der Waals surface area contributed by atoms with Crippen molar-refractivity contribution in [3.05, 3.63) is 75.5 Å². The molecule has 1 unspecified atom stereocenters. The van der Waals surface area contributed by atoms with Crippen LogP contribution in [0, 0.1) is 17.7 Å². The number of H-pyrrole nitrogens is 1. The number of carbonyl (C=O) groups excluding carboxylic acids is 1. The number of benzene rings is 2. The number of alkyl halides is 1. The first kappa shape index (κ1) is 19.8.